The molecule has 0 aliphatic heterocycles. The molecular weight excluding hydrogens is 320 g/mol. The van der Waals surface area contributed by atoms with Crippen LogP contribution in [0.15, 0.2) is 40.9 Å². The van der Waals surface area contributed by atoms with Gasteiger partial charge in [-0.3, -0.25) is 4.79 Å². The lowest BCUT2D eigenvalue weighted by Crippen LogP contribution is -2.06. The van der Waals surface area contributed by atoms with Crippen LogP contribution in [0.4, 0.5) is 11.4 Å². The average molecular weight is 335 g/mol. The molecule has 104 valence electrons. The molecule has 2 rings (SSSR count). The number of rotatable bonds is 4. The molecule has 0 heterocycles. The summed E-state index contributed by atoms with van der Waals surface area (Å²) in [4.78, 5) is 12.4. The Morgan fingerprint density at radius 1 is 1.20 bits per heavy atom. The summed E-state index contributed by atoms with van der Waals surface area (Å²) in [6.07, 6.45) is 0. The zero-order valence-electron chi connectivity index (χ0n) is 11.0. The molecule has 0 spiro atoms. The van der Waals surface area contributed by atoms with Crippen LogP contribution in [-0.2, 0) is 0 Å². The molecule has 0 saturated carbocycles. The van der Waals surface area contributed by atoms with Gasteiger partial charge in [0.05, 0.1) is 11.1 Å². The van der Waals surface area contributed by atoms with Crippen molar-refractivity contribution in [2.45, 2.75) is 6.92 Å². The summed E-state index contributed by atoms with van der Waals surface area (Å²) >= 11 is 3.39. The molecule has 0 unspecified atom stereocenters. The maximum Gasteiger partial charge on any atom is 0.195 e. The van der Waals surface area contributed by atoms with Gasteiger partial charge >= 0.3 is 0 Å². The summed E-state index contributed by atoms with van der Waals surface area (Å²) in [7, 11) is 0. The lowest BCUT2D eigenvalue weighted by molar-refractivity contribution is 0.103. The minimum Gasteiger partial charge on any atom is -0.493 e. The van der Waals surface area contributed by atoms with E-state index < -0.39 is 0 Å². The highest BCUT2D eigenvalue weighted by atomic mass is 79.9. The van der Waals surface area contributed by atoms with Crippen LogP contribution in [0.5, 0.6) is 5.75 Å². The standard InChI is InChI=1S/C15H15BrN2O2/c1-2-20-14-6-3-9(7-12(14)16)15(19)11-5-4-10(17)8-13(11)18/h3-8H,2,17-18H2,1H3. The Kier molecular flexibility index (Phi) is 4.29. The maximum absolute atomic E-state index is 12.4. The largest absolute Gasteiger partial charge is 0.493 e. The van der Waals surface area contributed by atoms with E-state index in [1.54, 1.807) is 36.4 Å². The number of carbonyl (C=O) groups is 1. The van der Waals surface area contributed by atoms with Gasteiger partial charge in [0.15, 0.2) is 5.78 Å². The Morgan fingerprint density at radius 3 is 2.55 bits per heavy atom. The van der Waals surface area contributed by atoms with Crippen molar-refractivity contribution in [2.24, 2.45) is 0 Å². The second kappa shape index (κ2) is 5.96. The van der Waals surface area contributed by atoms with Crippen LogP contribution in [0.25, 0.3) is 0 Å². The number of benzene rings is 2. The Hall–Kier alpha value is -2.01. The fourth-order valence-corrected chi connectivity index (χ4v) is 2.35. The summed E-state index contributed by atoms with van der Waals surface area (Å²) in [6.45, 7) is 2.47. The van der Waals surface area contributed by atoms with Crippen molar-refractivity contribution in [3.63, 3.8) is 0 Å². The van der Waals surface area contributed by atoms with Gasteiger partial charge in [-0.05, 0) is 59.3 Å². The fraction of sp³-hybridized carbons (Fsp3) is 0.133. The van der Waals surface area contributed by atoms with Crippen LogP contribution in [0.3, 0.4) is 0 Å². The van der Waals surface area contributed by atoms with E-state index in [9.17, 15) is 4.79 Å². The molecule has 2 aromatic carbocycles. The van der Waals surface area contributed by atoms with Crippen molar-refractivity contribution < 1.29 is 9.53 Å². The van der Waals surface area contributed by atoms with Crippen molar-refractivity contribution in [1.82, 2.24) is 0 Å². The molecule has 0 amide bonds. The highest BCUT2D eigenvalue weighted by molar-refractivity contribution is 9.10. The summed E-state index contributed by atoms with van der Waals surface area (Å²) in [6, 6.07) is 10.1. The van der Waals surface area contributed by atoms with E-state index in [1.807, 2.05) is 6.92 Å². The van der Waals surface area contributed by atoms with E-state index in [0.717, 1.165) is 4.47 Å². The maximum atomic E-state index is 12.4. The van der Waals surface area contributed by atoms with E-state index in [0.29, 0.717) is 34.9 Å². The minimum absolute atomic E-state index is 0.147. The number of hydrogen-bond acceptors (Lipinski definition) is 4. The molecule has 4 N–H and O–H groups in total. The molecule has 0 aliphatic carbocycles. The lowest BCUT2D eigenvalue weighted by Gasteiger charge is -2.09. The number of carbonyl (C=O) groups excluding carboxylic acids is 1. The highest BCUT2D eigenvalue weighted by Crippen LogP contribution is 2.28. The van der Waals surface area contributed by atoms with Gasteiger partial charge < -0.3 is 16.2 Å². The second-order valence-corrected chi connectivity index (χ2v) is 5.11. The Labute approximate surface area is 125 Å². The number of anilines is 2. The van der Waals surface area contributed by atoms with E-state index in [2.05, 4.69) is 15.9 Å². The summed E-state index contributed by atoms with van der Waals surface area (Å²) in [5.41, 5.74) is 13.4. The van der Waals surface area contributed by atoms with Crippen LogP contribution in [0.1, 0.15) is 22.8 Å². The first-order valence-electron chi connectivity index (χ1n) is 6.15. The normalized spacial score (nSPS) is 10.3. The molecule has 5 heteroatoms. The fourth-order valence-electron chi connectivity index (χ4n) is 1.86. The van der Waals surface area contributed by atoms with Crippen LogP contribution in [-0.4, -0.2) is 12.4 Å². The first kappa shape index (κ1) is 14.4. The Bertz CT molecular complexity index is 656. The monoisotopic (exact) mass is 334 g/mol. The zero-order valence-corrected chi connectivity index (χ0v) is 12.6. The van der Waals surface area contributed by atoms with Crippen molar-refractivity contribution in [2.75, 3.05) is 18.1 Å². The second-order valence-electron chi connectivity index (χ2n) is 4.25. The quantitative estimate of drug-likeness (QED) is 0.664. The van der Waals surface area contributed by atoms with Gasteiger partial charge in [-0.25, -0.2) is 0 Å². The Balaban J connectivity index is 2.36. The predicted molar refractivity (Wildman–Crippen MR) is 84.0 cm³/mol. The molecule has 0 atom stereocenters. The number of ether oxygens (including phenoxy) is 1. The lowest BCUT2D eigenvalue weighted by atomic mass is 10.0. The van der Waals surface area contributed by atoms with E-state index >= 15 is 0 Å². The van der Waals surface area contributed by atoms with Crippen molar-refractivity contribution in [3.8, 4) is 5.75 Å². The minimum atomic E-state index is -0.147. The third kappa shape index (κ3) is 2.93. The SMILES string of the molecule is CCOc1ccc(C(=O)c2ccc(N)cc2N)cc1Br. The van der Waals surface area contributed by atoms with Gasteiger partial charge in [0.1, 0.15) is 5.75 Å². The molecular formula is C15H15BrN2O2. The van der Waals surface area contributed by atoms with Gasteiger partial charge in [-0.15, -0.1) is 0 Å². The highest BCUT2D eigenvalue weighted by Gasteiger charge is 2.14. The van der Waals surface area contributed by atoms with Crippen LogP contribution in [0.2, 0.25) is 0 Å². The molecule has 2 aromatic rings. The number of hydrogen-bond donors (Lipinski definition) is 2. The summed E-state index contributed by atoms with van der Waals surface area (Å²) < 4.78 is 6.15. The molecule has 0 saturated heterocycles. The summed E-state index contributed by atoms with van der Waals surface area (Å²) in [5.74, 6) is 0.556. The third-order valence-electron chi connectivity index (χ3n) is 2.81. The zero-order chi connectivity index (χ0) is 14.7. The molecule has 0 bridgehead atoms. The van der Waals surface area contributed by atoms with Gasteiger partial charge in [0.2, 0.25) is 0 Å². The van der Waals surface area contributed by atoms with Crippen molar-refractivity contribution in [3.05, 3.63) is 52.0 Å². The summed E-state index contributed by atoms with van der Waals surface area (Å²) in [5, 5.41) is 0. The number of ketones is 1. The van der Waals surface area contributed by atoms with Crippen LogP contribution >= 0.6 is 15.9 Å². The molecule has 20 heavy (non-hydrogen) atoms. The van der Waals surface area contributed by atoms with Crippen LogP contribution in [0, 0.1) is 0 Å². The smallest absolute Gasteiger partial charge is 0.195 e. The molecule has 4 nitrogen and oxygen atoms in total. The molecule has 0 fully saturated rings. The van der Waals surface area contributed by atoms with E-state index in [-0.39, 0.29) is 5.78 Å². The van der Waals surface area contributed by atoms with Crippen LogP contribution < -0.4 is 16.2 Å². The molecule has 0 radical (unpaired) electrons. The number of halogens is 1. The number of nitrogens with two attached hydrogens (primary N) is 2. The van der Waals surface area contributed by atoms with E-state index in [1.165, 1.54) is 0 Å². The molecule has 0 aliphatic rings. The van der Waals surface area contributed by atoms with Crippen molar-refractivity contribution in [1.29, 1.82) is 0 Å². The average Bonchev–Trinajstić information content (AvgIpc) is 2.40. The van der Waals surface area contributed by atoms with Gasteiger partial charge in [-0.2, -0.15) is 0 Å². The van der Waals surface area contributed by atoms with Gasteiger partial charge in [0.25, 0.3) is 0 Å². The first-order chi connectivity index (χ1) is 9.52. The molecule has 0 aromatic heterocycles. The Morgan fingerprint density at radius 2 is 1.95 bits per heavy atom. The first-order valence-corrected chi connectivity index (χ1v) is 6.94. The predicted octanol–water partition coefficient (Wildman–Crippen LogP) is 3.24. The number of nitrogen functional groups attached to an aromatic ring is 2. The van der Waals surface area contributed by atoms with E-state index in [4.69, 9.17) is 16.2 Å². The third-order valence-corrected chi connectivity index (χ3v) is 3.43. The van der Waals surface area contributed by atoms with Gasteiger partial charge in [0, 0.05) is 22.5 Å². The van der Waals surface area contributed by atoms with Gasteiger partial charge in [-0.1, -0.05) is 0 Å². The topological polar surface area (TPSA) is 78.3 Å². The van der Waals surface area contributed by atoms with Crippen molar-refractivity contribution >= 4 is 33.1 Å².